The topological polar surface area (TPSA) is 89.8 Å². The molecule has 0 radical (unpaired) electrons. The van der Waals surface area contributed by atoms with Gasteiger partial charge in [0.1, 0.15) is 5.69 Å². The quantitative estimate of drug-likeness (QED) is 0.359. The number of hydrogen-bond acceptors (Lipinski definition) is 5. The molecule has 7 heteroatoms. The molecule has 0 unspecified atom stereocenters. The Hall–Kier alpha value is -2.54. The molecule has 1 aromatic carbocycles. The minimum Gasteiger partial charge on any atom is -0.359 e. The molecule has 4 rings (SSSR count). The minimum atomic E-state index is -0.847. The Labute approximate surface area is 138 Å². The average Bonchev–Trinajstić information content (AvgIpc) is 3.04. The van der Waals surface area contributed by atoms with Gasteiger partial charge < -0.3 is 4.74 Å². The molecule has 4 atom stereocenters. The number of aryl methyl sites for hydroxylation is 1. The van der Waals surface area contributed by atoms with Gasteiger partial charge in [-0.2, -0.15) is 0 Å². The number of ether oxygens (including phenoxy) is 1. The van der Waals surface area contributed by atoms with Gasteiger partial charge in [0.05, 0.1) is 28.0 Å². The number of hydrogen-bond donors (Lipinski definition) is 0. The summed E-state index contributed by atoms with van der Waals surface area (Å²) in [5, 5.41) is 11.4. The molecule has 124 valence electrons. The van der Waals surface area contributed by atoms with Gasteiger partial charge in [0.2, 0.25) is 11.8 Å². The first kappa shape index (κ1) is 15.0. The molecule has 0 aromatic heterocycles. The largest absolute Gasteiger partial charge is 0.359 e. The second-order valence-corrected chi connectivity index (χ2v) is 7.02. The lowest BCUT2D eigenvalue weighted by atomic mass is 9.73. The molecule has 1 aromatic rings. The molecular formula is C17H16N2O5. The Morgan fingerprint density at radius 3 is 2.17 bits per heavy atom. The smallest absolute Gasteiger partial charge is 0.293 e. The summed E-state index contributed by atoms with van der Waals surface area (Å²) in [5.74, 6) is -2.18. The Morgan fingerprint density at radius 1 is 1.12 bits per heavy atom. The highest BCUT2D eigenvalue weighted by molar-refractivity contribution is 6.24. The molecule has 7 nitrogen and oxygen atoms in total. The first-order chi connectivity index (χ1) is 11.2. The average molecular weight is 328 g/mol. The molecule has 0 aliphatic carbocycles. The fourth-order valence-corrected chi connectivity index (χ4v) is 4.24. The van der Waals surface area contributed by atoms with E-state index in [0.717, 1.165) is 4.90 Å². The number of carbonyl (C=O) groups excluding carboxylic acids is 2. The third-order valence-corrected chi connectivity index (χ3v) is 5.29. The zero-order valence-electron chi connectivity index (χ0n) is 13.5. The van der Waals surface area contributed by atoms with E-state index in [1.54, 1.807) is 26.8 Å². The van der Waals surface area contributed by atoms with Gasteiger partial charge >= 0.3 is 0 Å². The predicted octanol–water partition coefficient (Wildman–Crippen LogP) is 2.13. The van der Waals surface area contributed by atoms with Crippen molar-refractivity contribution in [1.82, 2.24) is 0 Å². The van der Waals surface area contributed by atoms with Crippen molar-refractivity contribution in [3.63, 3.8) is 0 Å². The van der Waals surface area contributed by atoms with Crippen LogP contribution in [-0.4, -0.2) is 27.9 Å². The van der Waals surface area contributed by atoms with Crippen molar-refractivity contribution in [2.24, 2.45) is 11.8 Å². The summed E-state index contributed by atoms with van der Waals surface area (Å²) in [7, 11) is 0. The van der Waals surface area contributed by atoms with Crippen LogP contribution in [0.1, 0.15) is 19.4 Å². The minimum absolute atomic E-state index is 0.0293. The van der Waals surface area contributed by atoms with Crippen LogP contribution in [0.3, 0.4) is 0 Å². The van der Waals surface area contributed by atoms with Crippen LogP contribution in [0.25, 0.3) is 0 Å². The third-order valence-electron chi connectivity index (χ3n) is 5.29. The van der Waals surface area contributed by atoms with Gasteiger partial charge in [-0.05, 0) is 32.4 Å². The molecule has 3 aliphatic rings. The lowest BCUT2D eigenvalue weighted by molar-refractivity contribution is -0.384. The monoisotopic (exact) mass is 328 g/mol. The van der Waals surface area contributed by atoms with E-state index < -0.39 is 39.8 Å². The lowest BCUT2D eigenvalue weighted by Crippen LogP contribution is -2.39. The second kappa shape index (κ2) is 4.30. The molecular weight excluding hydrogens is 312 g/mol. The standard InChI is InChI=1S/C17H16N2O5/c1-9-4-5-10(11(8-9)19(22)23)18-14(20)12-13(15(18)21)17(3)7-6-16(12,2)24-17/h4-8,12-13H,1-3H3/t12-,13-,16-,17-/m1/s1. The normalized spacial score (nSPS) is 36.5. The lowest BCUT2D eigenvalue weighted by Gasteiger charge is -2.25. The number of benzene rings is 1. The molecule has 3 aliphatic heterocycles. The molecule has 2 fully saturated rings. The maximum absolute atomic E-state index is 13.0. The van der Waals surface area contributed by atoms with Crippen molar-refractivity contribution in [2.45, 2.75) is 32.0 Å². The first-order valence-corrected chi connectivity index (χ1v) is 7.71. The van der Waals surface area contributed by atoms with E-state index in [0.29, 0.717) is 5.56 Å². The number of fused-ring (bicyclic) bond motifs is 5. The van der Waals surface area contributed by atoms with Gasteiger partial charge in [-0.15, -0.1) is 0 Å². The first-order valence-electron chi connectivity index (χ1n) is 7.71. The summed E-state index contributed by atoms with van der Waals surface area (Å²) < 4.78 is 5.92. The maximum atomic E-state index is 13.0. The predicted molar refractivity (Wildman–Crippen MR) is 84.3 cm³/mol. The van der Waals surface area contributed by atoms with E-state index in [-0.39, 0.29) is 11.4 Å². The molecule has 0 N–H and O–H groups in total. The molecule has 2 bridgehead atoms. The third kappa shape index (κ3) is 1.65. The van der Waals surface area contributed by atoms with E-state index in [2.05, 4.69) is 0 Å². The zero-order valence-corrected chi connectivity index (χ0v) is 13.5. The SMILES string of the molecule is Cc1ccc(N2C(=O)[C@H]3[C@H](C2=O)[C@@]2(C)C=C[C@@]3(C)O2)c([N+](=O)[O-])c1. The highest BCUT2D eigenvalue weighted by Crippen LogP contribution is 2.57. The van der Waals surface area contributed by atoms with Crippen LogP contribution in [0, 0.1) is 28.9 Å². The summed E-state index contributed by atoms with van der Waals surface area (Å²) in [6.45, 7) is 5.27. The number of amides is 2. The Kier molecular flexibility index (Phi) is 2.69. The highest BCUT2D eigenvalue weighted by atomic mass is 16.6. The summed E-state index contributed by atoms with van der Waals surface area (Å²) in [6.07, 6.45) is 3.62. The van der Waals surface area contributed by atoms with Gasteiger partial charge in [0.15, 0.2) is 0 Å². The molecule has 0 spiro atoms. The fourth-order valence-electron chi connectivity index (χ4n) is 4.24. The van der Waals surface area contributed by atoms with E-state index in [1.165, 1.54) is 12.1 Å². The molecule has 0 saturated carbocycles. The van der Waals surface area contributed by atoms with Crippen molar-refractivity contribution in [3.8, 4) is 0 Å². The van der Waals surface area contributed by atoms with Gasteiger partial charge in [-0.1, -0.05) is 18.2 Å². The summed E-state index contributed by atoms with van der Waals surface area (Å²) >= 11 is 0. The number of imide groups is 1. The molecule has 2 amide bonds. The molecule has 3 heterocycles. The van der Waals surface area contributed by atoms with E-state index in [4.69, 9.17) is 4.74 Å². The van der Waals surface area contributed by atoms with Crippen molar-refractivity contribution in [2.75, 3.05) is 4.90 Å². The number of rotatable bonds is 2. The summed E-state index contributed by atoms with van der Waals surface area (Å²) in [5.41, 5.74) is -1.22. The van der Waals surface area contributed by atoms with Crippen LogP contribution < -0.4 is 4.90 Å². The van der Waals surface area contributed by atoms with E-state index >= 15 is 0 Å². The number of nitro groups is 1. The van der Waals surface area contributed by atoms with Crippen molar-refractivity contribution < 1.29 is 19.2 Å². The van der Waals surface area contributed by atoms with Crippen molar-refractivity contribution in [3.05, 3.63) is 46.0 Å². The number of nitrogens with zero attached hydrogens (tertiary/aromatic N) is 2. The van der Waals surface area contributed by atoms with Crippen LogP contribution in [-0.2, 0) is 14.3 Å². The summed E-state index contributed by atoms with van der Waals surface area (Å²) in [6, 6.07) is 4.49. The van der Waals surface area contributed by atoms with Gasteiger partial charge in [0.25, 0.3) is 5.69 Å². The summed E-state index contributed by atoms with van der Waals surface area (Å²) in [4.78, 5) is 37.7. The van der Waals surface area contributed by atoms with Gasteiger partial charge in [0, 0.05) is 6.07 Å². The highest BCUT2D eigenvalue weighted by Gasteiger charge is 2.70. The van der Waals surface area contributed by atoms with Gasteiger partial charge in [-0.25, -0.2) is 4.90 Å². The van der Waals surface area contributed by atoms with Crippen molar-refractivity contribution >= 4 is 23.2 Å². The van der Waals surface area contributed by atoms with Crippen LogP contribution in [0.5, 0.6) is 0 Å². The van der Waals surface area contributed by atoms with Crippen LogP contribution in [0.4, 0.5) is 11.4 Å². The fraction of sp³-hybridized carbons (Fsp3) is 0.412. The van der Waals surface area contributed by atoms with Crippen molar-refractivity contribution in [1.29, 1.82) is 0 Å². The van der Waals surface area contributed by atoms with Crippen LogP contribution in [0.15, 0.2) is 30.4 Å². The Bertz CT molecular complexity index is 811. The van der Waals surface area contributed by atoms with E-state index in [1.807, 2.05) is 12.2 Å². The van der Waals surface area contributed by atoms with E-state index in [9.17, 15) is 19.7 Å². The Balaban J connectivity index is 1.85. The Morgan fingerprint density at radius 2 is 1.67 bits per heavy atom. The molecule has 24 heavy (non-hydrogen) atoms. The number of carbonyl (C=O) groups is 2. The van der Waals surface area contributed by atoms with Crippen LogP contribution in [0.2, 0.25) is 0 Å². The second-order valence-electron chi connectivity index (χ2n) is 7.02. The van der Waals surface area contributed by atoms with Gasteiger partial charge in [-0.3, -0.25) is 19.7 Å². The van der Waals surface area contributed by atoms with Crippen LogP contribution >= 0.6 is 0 Å². The molecule has 2 saturated heterocycles. The zero-order chi connectivity index (χ0) is 17.4. The maximum Gasteiger partial charge on any atom is 0.293 e. The number of nitro benzene ring substituents is 1. The number of anilines is 1.